The molecule has 1 atom stereocenters. The quantitative estimate of drug-likeness (QED) is 0.599. The molecule has 5 heteroatoms. The number of carbonyl (C=O) groups excluding carboxylic acids is 3. The summed E-state index contributed by atoms with van der Waals surface area (Å²) in [5.41, 5.74) is 0.470. The lowest BCUT2D eigenvalue weighted by atomic mass is 9.72. The van der Waals surface area contributed by atoms with Gasteiger partial charge >= 0.3 is 0 Å². The molecule has 0 spiro atoms. The second-order valence-corrected chi connectivity index (χ2v) is 6.75. The molecule has 0 saturated heterocycles. The largest absolute Gasteiger partial charge is 0.548 e. The zero-order valence-electron chi connectivity index (χ0n) is 13.3. The van der Waals surface area contributed by atoms with E-state index in [1.54, 1.807) is 12.1 Å². The summed E-state index contributed by atoms with van der Waals surface area (Å²) in [6.45, 7) is 3.74. The Bertz CT molecular complexity index is 614. The van der Waals surface area contributed by atoms with E-state index in [-0.39, 0.29) is 23.4 Å². The summed E-state index contributed by atoms with van der Waals surface area (Å²) in [5.74, 6) is -2.65. The third kappa shape index (κ3) is 4.58. The molecule has 122 valence electrons. The van der Waals surface area contributed by atoms with Crippen molar-refractivity contribution in [3.8, 4) is 0 Å². The Kier molecular flexibility index (Phi) is 5.08. The van der Waals surface area contributed by atoms with Gasteiger partial charge in [0.15, 0.2) is 0 Å². The van der Waals surface area contributed by atoms with Crippen molar-refractivity contribution in [2.75, 3.05) is 0 Å². The van der Waals surface area contributed by atoms with Crippen molar-refractivity contribution in [2.45, 2.75) is 39.2 Å². The molecule has 2 rings (SSSR count). The van der Waals surface area contributed by atoms with Crippen LogP contribution < -0.4 is 5.11 Å². The zero-order chi connectivity index (χ0) is 17.0. The summed E-state index contributed by atoms with van der Waals surface area (Å²) in [4.78, 5) is 39.4. The first-order valence-electron chi connectivity index (χ1n) is 7.62. The van der Waals surface area contributed by atoms with E-state index >= 15 is 0 Å². The van der Waals surface area contributed by atoms with Crippen LogP contribution in [0.25, 0.3) is 0 Å². The molecule has 1 saturated carbocycles. The van der Waals surface area contributed by atoms with Crippen LogP contribution in [0.5, 0.6) is 0 Å². The van der Waals surface area contributed by atoms with Gasteiger partial charge in [0.2, 0.25) is 0 Å². The van der Waals surface area contributed by atoms with Crippen LogP contribution in [0.2, 0.25) is 0 Å². The van der Waals surface area contributed by atoms with E-state index in [2.05, 4.69) is 4.99 Å². The van der Waals surface area contributed by atoms with E-state index in [1.807, 2.05) is 32.0 Å². The molecule has 0 radical (unpaired) electrons. The molecule has 0 amide bonds. The minimum atomic E-state index is -1.32. The number of carbonyl (C=O) groups is 3. The molecule has 1 aliphatic carbocycles. The van der Waals surface area contributed by atoms with Gasteiger partial charge < -0.3 is 9.90 Å². The number of hydrogen-bond acceptors (Lipinski definition) is 5. The number of nitrogens with zero attached hydrogens (tertiary/aromatic N) is 1. The van der Waals surface area contributed by atoms with E-state index in [0.717, 1.165) is 5.56 Å². The predicted molar refractivity (Wildman–Crippen MR) is 84.0 cm³/mol. The van der Waals surface area contributed by atoms with Gasteiger partial charge in [-0.2, -0.15) is 0 Å². The van der Waals surface area contributed by atoms with Crippen LogP contribution in [0.4, 0.5) is 0 Å². The average Bonchev–Trinajstić information content (AvgIpc) is 2.44. The first kappa shape index (κ1) is 17.1. The van der Waals surface area contributed by atoms with E-state index in [0.29, 0.717) is 12.8 Å². The molecule has 5 nitrogen and oxygen atoms in total. The Hall–Kier alpha value is -2.30. The fraction of sp³-hybridized carbons (Fsp3) is 0.444. The lowest BCUT2D eigenvalue weighted by molar-refractivity contribution is -0.307. The maximum Gasteiger partial charge on any atom is 0.149 e. The Labute approximate surface area is 135 Å². The number of aliphatic imine (C=N–C) groups is 1. The van der Waals surface area contributed by atoms with Gasteiger partial charge in [-0.1, -0.05) is 44.2 Å². The number of Topliss-reactive ketones (excluding diaryl/α,β-unsaturated/α-hetero) is 2. The second-order valence-electron chi connectivity index (χ2n) is 6.75. The van der Waals surface area contributed by atoms with Crippen LogP contribution in [0.3, 0.4) is 0 Å². The molecule has 0 N–H and O–H groups in total. The number of benzene rings is 1. The zero-order valence-corrected chi connectivity index (χ0v) is 13.3. The third-order valence-electron chi connectivity index (χ3n) is 3.96. The van der Waals surface area contributed by atoms with Crippen molar-refractivity contribution < 1.29 is 19.5 Å². The van der Waals surface area contributed by atoms with Crippen LogP contribution in [-0.4, -0.2) is 29.8 Å². The van der Waals surface area contributed by atoms with Crippen LogP contribution in [0, 0.1) is 11.3 Å². The summed E-state index contributed by atoms with van der Waals surface area (Å²) in [6, 6.07) is 7.94. The summed E-state index contributed by atoms with van der Waals surface area (Å²) in [5, 5.41) is 11.2. The molecular formula is C18H20NO4-. The smallest absolute Gasteiger partial charge is 0.149 e. The fourth-order valence-corrected chi connectivity index (χ4v) is 2.80. The molecule has 23 heavy (non-hydrogen) atoms. The Morgan fingerprint density at radius 2 is 1.83 bits per heavy atom. The number of aliphatic carboxylic acids is 1. The molecule has 1 aliphatic rings. The summed E-state index contributed by atoms with van der Waals surface area (Å²) < 4.78 is 0. The normalized spacial score (nSPS) is 19.9. The Morgan fingerprint density at radius 3 is 2.35 bits per heavy atom. The van der Waals surface area contributed by atoms with E-state index < -0.39 is 17.9 Å². The average molecular weight is 314 g/mol. The minimum Gasteiger partial charge on any atom is -0.548 e. The van der Waals surface area contributed by atoms with E-state index in [4.69, 9.17) is 0 Å². The third-order valence-corrected chi connectivity index (χ3v) is 3.96. The minimum absolute atomic E-state index is 0.167. The predicted octanol–water partition coefficient (Wildman–Crippen LogP) is 0.993. The molecular weight excluding hydrogens is 294 g/mol. The number of ketones is 2. The summed E-state index contributed by atoms with van der Waals surface area (Å²) >= 11 is 0. The number of carboxylic acids is 1. The topological polar surface area (TPSA) is 86.6 Å². The first-order chi connectivity index (χ1) is 10.8. The van der Waals surface area contributed by atoms with Crippen LogP contribution in [-0.2, 0) is 20.8 Å². The van der Waals surface area contributed by atoms with Crippen molar-refractivity contribution in [3.63, 3.8) is 0 Å². The molecule has 1 aromatic rings. The fourth-order valence-electron chi connectivity index (χ4n) is 2.80. The van der Waals surface area contributed by atoms with Crippen molar-refractivity contribution >= 4 is 23.8 Å². The molecule has 0 unspecified atom stereocenters. The van der Waals surface area contributed by atoms with Gasteiger partial charge in [0.25, 0.3) is 0 Å². The molecule has 1 aromatic carbocycles. The highest BCUT2D eigenvalue weighted by atomic mass is 16.4. The highest BCUT2D eigenvalue weighted by Gasteiger charge is 2.38. The highest BCUT2D eigenvalue weighted by molar-refractivity contribution is 6.16. The SMILES string of the molecule is CC1(C)CC(=O)C(C=N[C@H](Cc2ccccc2)C(=O)[O-])C(=O)C1. The molecule has 1 fully saturated rings. The van der Waals surface area contributed by atoms with Gasteiger partial charge in [0, 0.05) is 25.5 Å². The van der Waals surface area contributed by atoms with Gasteiger partial charge in [-0.05, 0) is 11.0 Å². The monoisotopic (exact) mass is 314 g/mol. The lowest BCUT2D eigenvalue weighted by Gasteiger charge is -2.30. The Morgan fingerprint density at radius 1 is 1.26 bits per heavy atom. The van der Waals surface area contributed by atoms with Crippen LogP contribution in [0.1, 0.15) is 32.3 Å². The highest BCUT2D eigenvalue weighted by Crippen LogP contribution is 2.33. The molecule has 0 heterocycles. The standard InChI is InChI=1S/C18H21NO4/c1-18(2)9-15(20)13(16(21)10-18)11-19-14(17(22)23)8-12-6-4-3-5-7-12/h3-7,11,13-14H,8-10H2,1-2H3,(H,22,23)/p-1/t14-/m1/s1. The Balaban J connectivity index is 2.10. The second kappa shape index (κ2) is 6.86. The van der Waals surface area contributed by atoms with Gasteiger partial charge in [0.05, 0.1) is 12.0 Å². The van der Waals surface area contributed by atoms with Gasteiger partial charge in [-0.15, -0.1) is 0 Å². The number of hydrogen-bond donors (Lipinski definition) is 0. The summed E-state index contributed by atoms with van der Waals surface area (Å²) in [6.07, 6.45) is 1.96. The van der Waals surface area contributed by atoms with Gasteiger partial charge in [-0.3, -0.25) is 14.6 Å². The molecule has 0 bridgehead atoms. The van der Waals surface area contributed by atoms with Gasteiger partial charge in [-0.25, -0.2) is 0 Å². The van der Waals surface area contributed by atoms with Crippen LogP contribution in [0.15, 0.2) is 35.3 Å². The first-order valence-corrected chi connectivity index (χ1v) is 7.62. The van der Waals surface area contributed by atoms with Crippen LogP contribution >= 0.6 is 0 Å². The summed E-state index contributed by atoms with van der Waals surface area (Å²) in [7, 11) is 0. The van der Waals surface area contributed by atoms with Crippen molar-refractivity contribution in [3.05, 3.63) is 35.9 Å². The molecule has 0 aromatic heterocycles. The lowest BCUT2D eigenvalue weighted by Crippen LogP contribution is -2.40. The number of carboxylic acid groups (broad SMARTS) is 1. The number of rotatable bonds is 5. The van der Waals surface area contributed by atoms with Crippen molar-refractivity contribution in [1.82, 2.24) is 0 Å². The van der Waals surface area contributed by atoms with E-state index in [9.17, 15) is 19.5 Å². The van der Waals surface area contributed by atoms with Crippen molar-refractivity contribution in [1.29, 1.82) is 0 Å². The van der Waals surface area contributed by atoms with Gasteiger partial charge in [0.1, 0.15) is 17.5 Å². The maximum atomic E-state index is 12.1. The maximum absolute atomic E-state index is 12.1. The van der Waals surface area contributed by atoms with Crippen molar-refractivity contribution in [2.24, 2.45) is 16.3 Å². The van der Waals surface area contributed by atoms with E-state index in [1.165, 1.54) is 6.21 Å². The molecule has 0 aliphatic heterocycles.